The Labute approximate surface area is 145 Å². The van der Waals surface area contributed by atoms with Gasteiger partial charge in [-0.05, 0) is 59.5 Å². The number of rotatable bonds is 9. The lowest BCUT2D eigenvalue weighted by molar-refractivity contribution is -0.141. The van der Waals surface area contributed by atoms with Gasteiger partial charge in [-0.2, -0.15) is 0 Å². The van der Waals surface area contributed by atoms with E-state index in [-0.39, 0.29) is 5.92 Å². The van der Waals surface area contributed by atoms with Crippen molar-refractivity contribution >= 4 is 45.8 Å². The Hall–Kier alpha value is -0.690. The zero-order valence-electron chi connectivity index (χ0n) is 12.3. The molecule has 0 fully saturated rings. The molecule has 1 aromatic carbocycles. The first-order valence-corrected chi connectivity index (χ1v) is 8.71. The zero-order valence-corrected chi connectivity index (χ0v) is 15.2. The molecule has 0 saturated heterocycles. The molecule has 1 aromatic rings. The van der Waals surface area contributed by atoms with Gasteiger partial charge in [0.2, 0.25) is 0 Å². The van der Waals surface area contributed by atoms with Gasteiger partial charge in [-0.15, -0.1) is 0 Å². The Morgan fingerprint density at radius 3 is 2.62 bits per heavy atom. The van der Waals surface area contributed by atoms with Gasteiger partial charge < -0.3 is 10.4 Å². The van der Waals surface area contributed by atoms with Crippen LogP contribution in [0.1, 0.15) is 38.2 Å². The highest BCUT2D eigenvalue weighted by atomic mass is 131. The van der Waals surface area contributed by atoms with Crippen LogP contribution in [0.25, 0.3) is 0 Å². The van der Waals surface area contributed by atoms with Gasteiger partial charge in [0.15, 0.2) is 0 Å². The Bertz CT molecular complexity index is 462. The molecule has 0 unspecified atom stereocenters. The number of unbranched alkanes of at least 4 members (excludes halogenated alkanes) is 1. The molecule has 0 aliphatic carbocycles. The van der Waals surface area contributed by atoms with Crippen molar-refractivity contribution in [2.24, 2.45) is 5.92 Å². The van der Waals surface area contributed by atoms with Gasteiger partial charge in [0.25, 0.3) is 0 Å². The van der Waals surface area contributed by atoms with Crippen LogP contribution >= 0.6 is 34.8 Å². The van der Waals surface area contributed by atoms with Crippen molar-refractivity contribution in [2.45, 2.75) is 39.0 Å². The SMILES string of the molecule is C[C@@H](CCCCNC(=S)CCc1ccc([131I])cc1)C(=O)O. The molecular formula is C16H22INO2S. The van der Waals surface area contributed by atoms with Gasteiger partial charge in [-0.25, -0.2) is 0 Å². The van der Waals surface area contributed by atoms with E-state index >= 15 is 0 Å². The lowest BCUT2D eigenvalue weighted by Crippen LogP contribution is -2.23. The molecular weight excluding hydrogens is 401 g/mol. The molecule has 0 heterocycles. The van der Waals surface area contributed by atoms with Crippen LogP contribution < -0.4 is 5.32 Å². The second-order valence-electron chi connectivity index (χ2n) is 5.21. The van der Waals surface area contributed by atoms with E-state index in [1.807, 2.05) is 0 Å². The second-order valence-corrected chi connectivity index (χ2v) is 6.95. The third kappa shape index (κ3) is 8.36. The maximum absolute atomic E-state index is 10.7. The highest BCUT2D eigenvalue weighted by Gasteiger charge is 2.09. The van der Waals surface area contributed by atoms with Crippen LogP contribution in [0.4, 0.5) is 0 Å². The van der Waals surface area contributed by atoms with Gasteiger partial charge in [-0.1, -0.05) is 37.7 Å². The molecule has 0 saturated carbocycles. The number of carboxylic acid groups (broad SMARTS) is 1. The van der Waals surface area contributed by atoms with Crippen LogP contribution in [0, 0.1) is 9.49 Å². The molecule has 2 N–H and O–H groups in total. The molecule has 1 atom stereocenters. The smallest absolute Gasteiger partial charge is 0.306 e. The summed E-state index contributed by atoms with van der Waals surface area (Å²) < 4.78 is 1.24. The fraction of sp³-hybridized carbons (Fsp3) is 0.500. The molecule has 0 aliphatic rings. The number of carboxylic acids is 1. The van der Waals surface area contributed by atoms with Gasteiger partial charge in [0.1, 0.15) is 0 Å². The molecule has 1 rings (SSSR count). The molecule has 0 bridgehead atoms. The average Bonchev–Trinajstić information content (AvgIpc) is 2.46. The molecule has 0 amide bonds. The predicted molar refractivity (Wildman–Crippen MR) is 98.7 cm³/mol. The first kappa shape index (κ1) is 18.4. The Morgan fingerprint density at radius 2 is 2.00 bits per heavy atom. The molecule has 0 spiro atoms. The van der Waals surface area contributed by atoms with Gasteiger partial charge >= 0.3 is 5.97 Å². The van der Waals surface area contributed by atoms with Gasteiger partial charge in [-0.3, -0.25) is 4.79 Å². The van der Waals surface area contributed by atoms with Crippen LogP contribution in [-0.2, 0) is 11.2 Å². The summed E-state index contributed by atoms with van der Waals surface area (Å²) in [4.78, 5) is 11.6. The number of aryl methyl sites for hydroxylation is 1. The van der Waals surface area contributed by atoms with Crippen LogP contribution in [-0.4, -0.2) is 22.6 Å². The monoisotopic (exact) mass is 423 g/mol. The quantitative estimate of drug-likeness (QED) is 0.358. The number of hydrogen-bond acceptors (Lipinski definition) is 2. The Balaban J connectivity index is 2.09. The summed E-state index contributed by atoms with van der Waals surface area (Å²) in [5.41, 5.74) is 1.30. The minimum Gasteiger partial charge on any atom is -0.481 e. The largest absolute Gasteiger partial charge is 0.481 e. The number of thiocarbonyl (C=S) groups is 1. The number of aliphatic carboxylic acids is 1. The van der Waals surface area contributed by atoms with Gasteiger partial charge in [0.05, 0.1) is 10.9 Å². The fourth-order valence-corrected chi connectivity index (χ4v) is 2.49. The van der Waals surface area contributed by atoms with Crippen molar-refractivity contribution in [1.82, 2.24) is 5.32 Å². The lowest BCUT2D eigenvalue weighted by atomic mass is 10.0. The lowest BCUT2D eigenvalue weighted by Gasteiger charge is -2.09. The minimum atomic E-state index is -0.712. The Kier molecular flexibility index (Phi) is 8.84. The summed E-state index contributed by atoms with van der Waals surface area (Å²) in [7, 11) is 0. The summed E-state index contributed by atoms with van der Waals surface area (Å²) >= 11 is 7.61. The predicted octanol–water partition coefficient (Wildman–Crippen LogP) is 4.03. The summed E-state index contributed by atoms with van der Waals surface area (Å²) in [6.07, 6.45) is 4.42. The number of halogens is 1. The van der Waals surface area contributed by atoms with E-state index in [0.29, 0.717) is 0 Å². The van der Waals surface area contributed by atoms with Gasteiger partial charge in [0, 0.05) is 16.5 Å². The summed E-state index contributed by atoms with van der Waals surface area (Å²) in [5, 5.41) is 12.0. The number of carbonyl (C=O) groups is 1. The fourth-order valence-electron chi connectivity index (χ4n) is 1.92. The van der Waals surface area contributed by atoms with Crippen LogP contribution in [0.2, 0.25) is 0 Å². The molecule has 116 valence electrons. The van der Waals surface area contributed by atoms with Crippen molar-refractivity contribution in [3.05, 3.63) is 33.4 Å². The van der Waals surface area contributed by atoms with Crippen molar-refractivity contribution in [3.63, 3.8) is 0 Å². The molecule has 0 aliphatic heterocycles. The molecule has 0 aromatic heterocycles. The van der Waals surface area contributed by atoms with E-state index < -0.39 is 5.97 Å². The summed E-state index contributed by atoms with van der Waals surface area (Å²) in [5.74, 6) is -0.964. The highest BCUT2D eigenvalue weighted by molar-refractivity contribution is 14.1. The molecule has 21 heavy (non-hydrogen) atoms. The third-order valence-electron chi connectivity index (χ3n) is 3.36. The normalized spacial score (nSPS) is 11.9. The first-order valence-electron chi connectivity index (χ1n) is 7.23. The van der Waals surface area contributed by atoms with E-state index in [2.05, 4.69) is 52.2 Å². The topological polar surface area (TPSA) is 49.3 Å². The maximum atomic E-state index is 10.7. The van der Waals surface area contributed by atoms with E-state index in [4.69, 9.17) is 17.3 Å². The molecule has 0 radical (unpaired) electrons. The zero-order chi connectivity index (χ0) is 15.7. The first-order chi connectivity index (χ1) is 9.99. The molecule has 3 nitrogen and oxygen atoms in total. The van der Waals surface area contributed by atoms with E-state index in [1.54, 1.807) is 6.92 Å². The van der Waals surface area contributed by atoms with Crippen LogP contribution in [0.5, 0.6) is 0 Å². The van der Waals surface area contributed by atoms with Crippen LogP contribution in [0.3, 0.4) is 0 Å². The minimum absolute atomic E-state index is 0.252. The van der Waals surface area contributed by atoms with E-state index in [0.717, 1.165) is 43.6 Å². The number of hydrogen-bond donors (Lipinski definition) is 2. The third-order valence-corrected chi connectivity index (χ3v) is 4.43. The van der Waals surface area contributed by atoms with E-state index in [9.17, 15) is 4.79 Å². The second kappa shape index (κ2) is 10.1. The number of nitrogens with one attached hydrogen (secondary N) is 1. The maximum Gasteiger partial charge on any atom is 0.306 e. The average molecular weight is 423 g/mol. The van der Waals surface area contributed by atoms with Crippen molar-refractivity contribution in [3.8, 4) is 0 Å². The summed E-state index contributed by atoms with van der Waals surface area (Å²) in [6.45, 7) is 2.58. The van der Waals surface area contributed by atoms with E-state index in [1.165, 1.54) is 9.13 Å². The number of benzene rings is 1. The molecule has 5 heteroatoms. The van der Waals surface area contributed by atoms with Crippen molar-refractivity contribution < 1.29 is 9.90 Å². The highest BCUT2D eigenvalue weighted by Crippen LogP contribution is 2.09. The Morgan fingerprint density at radius 1 is 1.33 bits per heavy atom. The standard InChI is InChI=1S/C16H22INO2S/c1-12(16(19)20)4-2-3-11-18-15(21)10-7-13-5-8-14(17)9-6-13/h5-6,8-9,12H,2-4,7,10-11H2,1H3,(H,18,21)(H,19,20)/t12-/m0/s1/i17+4. The van der Waals surface area contributed by atoms with Crippen molar-refractivity contribution in [1.29, 1.82) is 0 Å². The van der Waals surface area contributed by atoms with Crippen LogP contribution in [0.15, 0.2) is 24.3 Å². The van der Waals surface area contributed by atoms with Crippen molar-refractivity contribution in [2.75, 3.05) is 6.54 Å². The summed E-state index contributed by atoms with van der Waals surface area (Å²) in [6, 6.07) is 8.49.